The van der Waals surface area contributed by atoms with Crippen LogP contribution >= 0.6 is 0 Å². The quantitative estimate of drug-likeness (QED) is 0.642. The number of hydrogen-bond acceptors (Lipinski definition) is 4. The van der Waals surface area contributed by atoms with Crippen LogP contribution in [0.5, 0.6) is 0 Å². The average molecular weight is 415 g/mol. The Morgan fingerprint density at radius 2 is 1.10 bits per heavy atom. The zero-order chi connectivity index (χ0) is 21.8. The Labute approximate surface area is 182 Å². The smallest absolute Gasteiger partial charge is 0.163 e. The van der Waals surface area contributed by atoms with Gasteiger partial charge >= 0.3 is 0 Å². The van der Waals surface area contributed by atoms with Crippen molar-refractivity contribution in [1.82, 2.24) is 0 Å². The third-order valence-electron chi connectivity index (χ3n) is 5.98. The van der Waals surface area contributed by atoms with E-state index in [1.54, 1.807) is 0 Å². The number of allylic oxidation sites excluding steroid dienone is 5. The van der Waals surface area contributed by atoms with Crippen LogP contribution in [-0.2, 0) is 9.59 Å². The first-order chi connectivity index (χ1) is 15.1. The van der Waals surface area contributed by atoms with Gasteiger partial charge in [-0.2, -0.15) is 0 Å². The highest BCUT2D eigenvalue weighted by Gasteiger charge is 2.35. The highest BCUT2D eigenvalue weighted by atomic mass is 16.3. The highest BCUT2D eigenvalue weighted by molar-refractivity contribution is 6.04. The van der Waals surface area contributed by atoms with Crippen molar-refractivity contribution in [3.05, 3.63) is 101 Å². The summed E-state index contributed by atoms with van der Waals surface area (Å²) in [6.07, 6.45) is 4.52. The summed E-state index contributed by atoms with van der Waals surface area (Å²) in [6, 6.07) is 19.5. The Morgan fingerprint density at radius 1 is 0.677 bits per heavy atom. The van der Waals surface area contributed by atoms with E-state index in [1.165, 1.54) is 0 Å². The number of carbonyl (C=O) groups is 2. The summed E-state index contributed by atoms with van der Waals surface area (Å²) in [6.45, 7) is 0. The molecule has 0 radical (unpaired) electrons. The molecule has 0 fully saturated rings. The SMILES string of the molecule is O=C1CCCC(O)=C1C(C=C(c1ccccc1)c1ccccc1)C1=C(O)CCCC1=O. The van der Waals surface area contributed by atoms with Crippen LogP contribution in [0.4, 0.5) is 0 Å². The minimum Gasteiger partial charge on any atom is -0.512 e. The molecule has 2 aromatic rings. The van der Waals surface area contributed by atoms with Crippen LogP contribution in [0.3, 0.4) is 0 Å². The van der Waals surface area contributed by atoms with Crippen molar-refractivity contribution in [3.8, 4) is 0 Å². The molecule has 4 nitrogen and oxygen atoms in total. The molecule has 4 heteroatoms. The van der Waals surface area contributed by atoms with Crippen LogP contribution in [0.25, 0.3) is 5.57 Å². The van der Waals surface area contributed by atoms with Crippen LogP contribution < -0.4 is 0 Å². The number of aliphatic hydroxyl groups excluding tert-OH is 2. The molecule has 0 amide bonds. The predicted molar refractivity (Wildman–Crippen MR) is 120 cm³/mol. The van der Waals surface area contributed by atoms with Gasteiger partial charge in [-0.15, -0.1) is 0 Å². The standard InChI is InChI=1S/C27H26O4/c28-22-13-7-14-23(29)26(22)21(27-24(30)15-8-16-25(27)31)17-20(18-9-3-1-4-10-18)19-11-5-2-6-12-19/h1-6,9-12,17,21,28,30H,7-8,13-16H2. The lowest BCUT2D eigenvalue weighted by molar-refractivity contribution is -0.117. The van der Waals surface area contributed by atoms with Crippen molar-refractivity contribution in [2.45, 2.75) is 38.5 Å². The average Bonchev–Trinajstić information content (AvgIpc) is 2.78. The lowest BCUT2D eigenvalue weighted by atomic mass is 9.76. The largest absolute Gasteiger partial charge is 0.512 e. The van der Waals surface area contributed by atoms with Gasteiger partial charge in [0, 0.05) is 42.7 Å². The third-order valence-corrected chi connectivity index (χ3v) is 5.98. The lowest BCUT2D eigenvalue weighted by Gasteiger charge is -2.27. The van der Waals surface area contributed by atoms with Crippen LogP contribution in [0, 0.1) is 5.92 Å². The van der Waals surface area contributed by atoms with Gasteiger partial charge in [0.15, 0.2) is 11.6 Å². The molecule has 0 atom stereocenters. The topological polar surface area (TPSA) is 74.6 Å². The Bertz CT molecular complexity index is 991. The first kappa shape index (κ1) is 20.9. The van der Waals surface area contributed by atoms with E-state index < -0.39 is 5.92 Å². The van der Waals surface area contributed by atoms with E-state index >= 15 is 0 Å². The highest BCUT2D eigenvalue weighted by Crippen LogP contribution is 2.39. The number of rotatable bonds is 5. The Hall–Kier alpha value is -3.40. The number of benzene rings is 2. The Kier molecular flexibility index (Phi) is 6.17. The van der Waals surface area contributed by atoms with Crippen LogP contribution in [0.15, 0.2) is 89.4 Å². The fraction of sp³-hybridized carbons (Fsp3) is 0.259. The van der Waals surface area contributed by atoms with Crippen molar-refractivity contribution in [3.63, 3.8) is 0 Å². The number of hydrogen-bond donors (Lipinski definition) is 2. The Balaban J connectivity index is 1.97. The molecule has 4 rings (SSSR count). The van der Waals surface area contributed by atoms with Gasteiger partial charge < -0.3 is 10.2 Å². The summed E-state index contributed by atoms with van der Waals surface area (Å²) in [5.41, 5.74) is 3.21. The zero-order valence-electron chi connectivity index (χ0n) is 17.4. The van der Waals surface area contributed by atoms with Crippen molar-refractivity contribution >= 4 is 17.1 Å². The summed E-state index contributed by atoms with van der Waals surface area (Å²) in [5.74, 6) is -1.06. The van der Waals surface area contributed by atoms with E-state index in [9.17, 15) is 19.8 Å². The number of Topliss-reactive ketones (excluding diaryl/α,β-unsaturated/α-hetero) is 2. The molecule has 0 aromatic heterocycles. The van der Waals surface area contributed by atoms with Crippen LogP contribution in [0.2, 0.25) is 0 Å². The van der Waals surface area contributed by atoms with Crippen LogP contribution in [-0.4, -0.2) is 21.8 Å². The molecule has 0 aliphatic heterocycles. The van der Waals surface area contributed by atoms with Crippen molar-refractivity contribution < 1.29 is 19.8 Å². The van der Waals surface area contributed by atoms with E-state index in [0.717, 1.165) is 16.7 Å². The van der Waals surface area contributed by atoms with Gasteiger partial charge in [-0.05, 0) is 29.5 Å². The first-order valence-electron chi connectivity index (χ1n) is 10.8. The molecule has 2 aliphatic rings. The van der Waals surface area contributed by atoms with Gasteiger partial charge in [-0.1, -0.05) is 66.7 Å². The number of ketones is 2. The molecule has 2 aliphatic carbocycles. The summed E-state index contributed by atoms with van der Waals surface area (Å²) in [5, 5.41) is 21.4. The molecule has 0 spiro atoms. The molecular weight excluding hydrogens is 388 g/mol. The summed E-state index contributed by atoms with van der Waals surface area (Å²) < 4.78 is 0. The van der Waals surface area contributed by atoms with E-state index in [1.807, 2.05) is 66.7 Å². The monoisotopic (exact) mass is 414 g/mol. The predicted octanol–water partition coefficient (Wildman–Crippen LogP) is 5.86. The van der Waals surface area contributed by atoms with E-state index in [2.05, 4.69) is 0 Å². The van der Waals surface area contributed by atoms with Gasteiger partial charge in [0.25, 0.3) is 0 Å². The lowest BCUT2D eigenvalue weighted by Crippen LogP contribution is -2.26. The van der Waals surface area contributed by atoms with E-state index in [-0.39, 0.29) is 34.2 Å². The first-order valence-corrected chi connectivity index (χ1v) is 10.8. The van der Waals surface area contributed by atoms with E-state index in [4.69, 9.17) is 0 Å². The fourth-order valence-corrected chi connectivity index (χ4v) is 4.47. The summed E-state index contributed by atoms with van der Waals surface area (Å²) in [4.78, 5) is 25.8. The maximum Gasteiger partial charge on any atom is 0.163 e. The molecular formula is C27H26O4. The van der Waals surface area contributed by atoms with Gasteiger partial charge in [-0.3, -0.25) is 9.59 Å². The molecule has 31 heavy (non-hydrogen) atoms. The van der Waals surface area contributed by atoms with Crippen molar-refractivity contribution in [2.75, 3.05) is 0 Å². The number of aliphatic hydroxyl groups is 2. The second-order valence-electron chi connectivity index (χ2n) is 8.06. The maximum atomic E-state index is 12.9. The Morgan fingerprint density at radius 3 is 1.48 bits per heavy atom. The molecule has 0 saturated carbocycles. The molecule has 0 unspecified atom stereocenters. The second-order valence-corrected chi connectivity index (χ2v) is 8.06. The maximum absolute atomic E-state index is 12.9. The van der Waals surface area contributed by atoms with Gasteiger partial charge in [0.1, 0.15) is 0 Å². The molecule has 0 bridgehead atoms. The minimum absolute atomic E-state index is 0.0247. The van der Waals surface area contributed by atoms with E-state index in [0.29, 0.717) is 38.5 Å². The minimum atomic E-state index is -0.781. The molecule has 2 N–H and O–H groups in total. The van der Waals surface area contributed by atoms with Crippen molar-refractivity contribution in [1.29, 1.82) is 0 Å². The summed E-state index contributed by atoms with van der Waals surface area (Å²) in [7, 11) is 0. The zero-order valence-corrected chi connectivity index (χ0v) is 17.4. The van der Waals surface area contributed by atoms with Crippen molar-refractivity contribution in [2.24, 2.45) is 5.92 Å². The second kappa shape index (κ2) is 9.17. The molecule has 2 aromatic carbocycles. The van der Waals surface area contributed by atoms with Crippen LogP contribution in [0.1, 0.15) is 49.7 Å². The normalized spacial score (nSPS) is 17.3. The summed E-state index contributed by atoms with van der Waals surface area (Å²) >= 11 is 0. The molecule has 0 heterocycles. The number of carbonyl (C=O) groups excluding carboxylic acids is 2. The van der Waals surface area contributed by atoms with Gasteiger partial charge in [0.05, 0.1) is 11.5 Å². The molecule has 0 saturated heterocycles. The molecule has 158 valence electrons. The van der Waals surface area contributed by atoms with Gasteiger partial charge in [-0.25, -0.2) is 0 Å². The third kappa shape index (κ3) is 4.38. The van der Waals surface area contributed by atoms with Gasteiger partial charge in [0.2, 0.25) is 0 Å². The fourth-order valence-electron chi connectivity index (χ4n) is 4.47.